The molecule has 0 fully saturated rings. The van der Waals surface area contributed by atoms with E-state index in [-0.39, 0.29) is 11.3 Å². The van der Waals surface area contributed by atoms with Crippen molar-refractivity contribution >= 4 is 35.0 Å². The molecular formula is C14H10ClFN2O3. The second-order valence-corrected chi connectivity index (χ2v) is 4.47. The number of para-hydroxylation sites is 1. The van der Waals surface area contributed by atoms with Crippen LogP contribution in [-0.2, 0) is 0 Å². The Balaban J connectivity index is 2.15. The highest BCUT2D eigenvalue weighted by atomic mass is 35.5. The van der Waals surface area contributed by atoms with Crippen LogP contribution in [-0.4, -0.2) is 17.1 Å². The van der Waals surface area contributed by atoms with Gasteiger partial charge in [-0.1, -0.05) is 23.7 Å². The van der Waals surface area contributed by atoms with Crippen molar-refractivity contribution in [3.8, 4) is 0 Å². The minimum atomic E-state index is -1.22. The van der Waals surface area contributed by atoms with E-state index in [1.807, 2.05) is 0 Å². The monoisotopic (exact) mass is 308 g/mol. The molecule has 0 saturated heterocycles. The van der Waals surface area contributed by atoms with Gasteiger partial charge in [0, 0.05) is 0 Å². The molecule has 0 aliphatic heterocycles. The summed E-state index contributed by atoms with van der Waals surface area (Å²) in [6.45, 7) is 0. The van der Waals surface area contributed by atoms with E-state index >= 15 is 0 Å². The van der Waals surface area contributed by atoms with E-state index in [4.69, 9.17) is 16.7 Å². The fraction of sp³-hybridized carbons (Fsp3) is 0. The quantitative estimate of drug-likeness (QED) is 0.806. The van der Waals surface area contributed by atoms with E-state index in [1.165, 1.54) is 0 Å². The number of amides is 2. The number of nitrogens with one attached hydrogen (secondary N) is 2. The third kappa shape index (κ3) is 3.70. The second-order valence-electron chi connectivity index (χ2n) is 4.06. The zero-order chi connectivity index (χ0) is 15.4. The highest BCUT2D eigenvalue weighted by Gasteiger charge is 2.11. The van der Waals surface area contributed by atoms with Crippen LogP contribution in [0.4, 0.5) is 20.6 Å². The minimum absolute atomic E-state index is 0.135. The summed E-state index contributed by atoms with van der Waals surface area (Å²) in [4.78, 5) is 22.6. The molecule has 0 spiro atoms. The molecule has 0 aliphatic carbocycles. The summed E-state index contributed by atoms with van der Waals surface area (Å²) in [5.74, 6) is -1.96. The van der Waals surface area contributed by atoms with Gasteiger partial charge < -0.3 is 15.7 Å². The molecule has 0 saturated carbocycles. The number of hydrogen-bond donors (Lipinski definition) is 3. The Kier molecular flexibility index (Phi) is 4.39. The van der Waals surface area contributed by atoms with Gasteiger partial charge >= 0.3 is 12.0 Å². The van der Waals surface area contributed by atoms with Crippen LogP contribution in [0.25, 0.3) is 0 Å². The van der Waals surface area contributed by atoms with Crippen LogP contribution in [0.3, 0.4) is 0 Å². The largest absolute Gasteiger partial charge is 0.478 e. The van der Waals surface area contributed by atoms with E-state index in [1.54, 1.807) is 24.3 Å². The van der Waals surface area contributed by atoms with E-state index < -0.39 is 17.8 Å². The molecule has 21 heavy (non-hydrogen) atoms. The fourth-order valence-electron chi connectivity index (χ4n) is 1.59. The molecule has 0 aromatic heterocycles. The Morgan fingerprint density at radius 1 is 1.05 bits per heavy atom. The predicted octanol–water partition coefficient (Wildman–Crippen LogP) is 3.82. The molecule has 3 N–H and O–H groups in total. The molecule has 2 rings (SSSR count). The molecule has 0 radical (unpaired) electrons. The maximum atomic E-state index is 13.5. The van der Waals surface area contributed by atoms with Crippen molar-refractivity contribution < 1.29 is 19.1 Å². The molecule has 7 heteroatoms. The first-order valence-corrected chi connectivity index (χ1v) is 6.20. The number of urea groups is 1. The maximum absolute atomic E-state index is 13.5. The third-order valence-corrected chi connectivity index (χ3v) is 2.91. The average molecular weight is 309 g/mol. The summed E-state index contributed by atoms with van der Waals surface area (Å²) in [6, 6.07) is 8.90. The van der Waals surface area contributed by atoms with Gasteiger partial charge in [0.15, 0.2) is 0 Å². The topological polar surface area (TPSA) is 78.4 Å². The van der Waals surface area contributed by atoms with Crippen LogP contribution in [0.1, 0.15) is 10.4 Å². The lowest BCUT2D eigenvalue weighted by Gasteiger charge is -2.10. The van der Waals surface area contributed by atoms with Gasteiger partial charge in [-0.25, -0.2) is 14.0 Å². The molecule has 0 atom stereocenters. The van der Waals surface area contributed by atoms with E-state index in [0.29, 0.717) is 10.7 Å². The number of anilines is 2. The van der Waals surface area contributed by atoms with Crippen LogP contribution in [0.2, 0.25) is 5.02 Å². The highest BCUT2D eigenvalue weighted by Crippen LogP contribution is 2.21. The Morgan fingerprint density at radius 2 is 1.71 bits per heavy atom. The Bertz CT molecular complexity index is 706. The van der Waals surface area contributed by atoms with E-state index in [2.05, 4.69) is 10.6 Å². The van der Waals surface area contributed by atoms with Gasteiger partial charge in [0.05, 0.1) is 22.0 Å². The molecule has 0 heterocycles. The van der Waals surface area contributed by atoms with E-state index in [0.717, 1.165) is 18.2 Å². The van der Waals surface area contributed by atoms with Crippen LogP contribution in [0, 0.1) is 5.82 Å². The van der Waals surface area contributed by atoms with Crippen LogP contribution in [0.15, 0.2) is 42.5 Å². The zero-order valence-corrected chi connectivity index (χ0v) is 11.3. The van der Waals surface area contributed by atoms with Gasteiger partial charge in [-0.2, -0.15) is 0 Å². The van der Waals surface area contributed by atoms with Crippen LogP contribution < -0.4 is 10.6 Å². The molecule has 2 aromatic rings. The lowest BCUT2D eigenvalue weighted by Crippen LogP contribution is -2.20. The fourth-order valence-corrected chi connectivity index (χ4v) is 1.78. The number of carbonyl (C=O) groups is 2. The molecule has 0 bridgehead atoms. The number of aromatic carboxylic acids is 1. The maximum Gasteiger partial charge on any atom is 0.335 e. The summed E-state index contributed by atoms with van der Waals surface area (Å²) in [5, 5.41) is 13.8. The first-order chi connectivity index (χ1) is 9.97. The van der Waals surface area contributed by atoms with Crippen molar-refractivity contribution in [2.45, 2.75) is 0 Å². The van der Waals surface area contributed by atoms with Crippen LogP contribution >= 0.6 is 11.6 Å². The SMILES string of the molecule is O=C(Nc1cc(C(=O)O)ccc1F)Nc1ccccc1Cl. The lowest BCUT2D eigenvalue weighted by molar-refractivity contribution is 0.0697. The van der Waals surface area contributed by atoms with Crippen molar-refractivity contribution in [1.82, 2.24) is 0 Å². The third-order valence-electron chi connectivity index (χ3n) is 2.58. The smallest absolute Gasteiger partial charge is 0.335 e. The first kappa shape index (κ1) is 14.8. The number of benzene rings is 2. The van der Waals surface area contributed by atoms with Gasteiger partial charge in [0.25, 0.3) is 0 Å². The molecular weight excluding hydrogens is 299 g/mol. The summed E-state index contributed by atoms with van der Waals surface area (Å²) in [6.07, 6.45) is 0. The van der Waals surface area contributed by atoms with Gasteiger partial charge in [0.2, 0.25) is 0 Å². The molecule has 0 aliphatic rings. The second kappa shape index (κ2) is 6.23. The molecule has 0 unspecified atom stereocenters. The van der Waals surface area contributed by atoms with Gasteiger partial charge in [-0.15, -0.1) is 0 Å². The number of halogens is 2. The molecule has 5 nitrogen and oxygen atoms in total. The van der Waals surface area contributed by atoms with Crippen molar-refractivity contribution in [2.75, 3.05) is 10.6 Å². The number of hydrogen-bond acceptors (Lipinski definition) is 2. The Morgan fingerprint density at radius 3 is 2.38 bits per heavy atom. The normalized spacial score (nSPS) is 10.0. The molecule has 2 amide bonds. The highest BCUT2D eigenvalue weighted by molar-refractivity contribution is 6.33. The first-order valence-electron chi connectivity index (χ1n) is 5.83. The Hall–Kier alpha value is -2.60. The zero-order valence-electron chi connectivity index (χ0n) is 10.6. The Labute approximate surface area is 124 Å². The summed E-state index contributed by atoms with van der Waals surface area (Å²) >= 11 is 5.88. The number of carboxylic acids is 1. The van der Waals surface area contributed by atoms with Crippen molar-refractivity contribution in [2.24, 2.45) is 0 Å². The minimum Gasteiger partial charge on any atom is -0.478 e. The van der Waals surface area contributed by atoms with Crippen molar-refractivity contribution in [3.63, 3.8) is 0 Å². The predicted molar refractivity (Wildman–Crippen MR) is 77.5 cm³/mol. The summed E-state index contributed by atoms with van der Waals surface area (Å²) in [7, 11) is 0. The molecule has 2 aromatic carbocycles. The average Bonchev–Trinajstić information content (AvgIpc) is 2.43. The number of carbonyl (C=O) groups excluding carboxylic acids is 1. The van der Waals surface area contributed by atoms with Gasteiger partial charge in [-0.3, -0.25) is 0 Å². The lowest BCUT2D eigenvalue weighted by atomic mass is 10.2. The van der Waals surface area contributed by atoms with Gasteiger partial charge in [0.1, 0.15) is 5.82 Å². The summed E-state index contributed by atoms with van der Waals surface area (Å²) < 4.78 is 13.5. The van der Waals surface area contributed by atoms with Crippen molar-refractivity contribution in [3.05, 3.63) is 58.9 Å². The van der Waals surface area contributed by atoms with Crippen LogP contribution in [0.5, 0.6) is 0 Å². The molecule has 108 valence electrons. The van der Waals surface area contributed by atoms with Gasteiger partial charge in [-0.05, 0) is 30.3 Å². The van der Waals surface area contributed by atoms with Crippen molar-refractivity contribution in [1.29, 1.82) is 0 Å². The summed E-state index contributed by atoms with van der Waals surface area (Å²) in [5.41, 5.74) is -0.0182. The number of carboxylic acid groups (broad SMARTS) is 1. The standard InChI is InChI=1S/C14H10ClFN2O3/c15-9-3-1-2-4-11(9)17-14(21)18-12-7-8(13(19)20)5-6-10(12)16/h1-7H,(H,19,20)(H2,17,18,21). The number of rotatable bonds is 3. The van der Waals surface area contributed by atoms with E-state index in [9.17, 15) is 14.0 Å².